The van der Waals surface area contributed by atoms with Gasteiger partial charge in [-0.2, -0.15) is 18.3 Å². The Balaban J connectivity index is 1.84. The van der Waals surface area contributed by atoms with Crippen molar-refractivity contribution in [2.75, 3.05) is 0 Å². The highest BCUT2D eigenvalue weighted by Gasteiger charge is 2.30. The van der Waals surface area contributed by atoms with Crippen molar-refractivity contribution in [2.45, 2.75) is 26.2 Å². The van der Waals surface area contributed by atoms with E-state index in [9.17, 15) is 18.0 Å². The molecule has 0 aliphatic carbocycles. The van der Waals surface area contributed by atoms with Gasteiger partial charge in [0.25, 0.3) is 5.91 Å². The molecule has 7 heteroatoms. The van der Waals surface area contributed by atoms with E-state index in [0.717, 1.165) is 17.7 Å². The minimum Gasteiger partial charge on any atom is -0.347 e. The first-order valence-electron chi connectivity index (χ1n) is 8.46. The number of amides is 1. The molecule has 1 N–H and O–H groups in total. The van der Waals surface area contributed by atoms with E-state index in [-0.39, 0.29) is 11.6 Å². The van der Waals surface area contributed by atoms with E-state index in [1.807, 2.05) is 37.3 Å². The molecule has 0 radical (unpaired) electrons. The molecule has 4 nitrogen and oxygen atoms in total. The fourth-order valence-electron chi connectivity index (χ4n) is 2.72. The van der Waals surface area contributed by atoms with Gasteiger partial charge < -0.3 is 5.32 Å². The first-order valence-corrected chi connectivity index (χ1v) is 8.46. The topological polar surface area (TPSA) is 46.9 Å². The number of alkyl halides is 3. The summed E-state index contributed by atoms with van der Waals surface area (Å²) in [7, 11) is 0. The maximum absolute atomic E-state index is 13.0. The van der Waals surface area contributed by atoms with Crippen molar-refractivity contribution in [1.82, 2.24) is 15.1 Å². The fourth-order valence-corrected chi connectivity index (χ4v) is 2.72. The third-order valence-corrected chi connectivity index (χ3v) is 4.09. The standard InChI is InChI=1S/C20H18F3N3O/c1-2-26-18(15-9-6-10-16(11-15)20(21,22)23)12-17(25-26)19(27)24-13-14-7-4-3-5-8-14/h3-12H,2,13H2,1H3,(H,24,27). The maximum Gasteiger partial charge on any atom is 0.416 e. The molecule has 0 aliphatic heterocycles. The van der Waals surface area contributed by atoms with Crippen LogP contribution in [0.4, 0.5) is 13.2 Å². The summed E-state index contributed by atoms with van der Waals surface area (Å²) in [5, 5.41) is 7.00. The molecule has 0 fully saturated rings. The van der Waals surface area contributed by atoms with Gasteiger partial charge in [-0.1, -0.05) is 42.5 Å². The first kappa shape index (κ1) is 18.7. The van der Waals surface area contributed by atoms with E-state index in [1.165, 1.54) is 16.8 Å². The molecule has 3 aromatic rings. The Hall–Kier alpha value is -3.09. The van der Waals surface area contributed by atoms with Crippen molar-refractivity contribution in [1.29, 1.82) is 0 Å². The number of nitrogens with zero attached hydrogens (tertiary/aromatic N) is 2. The summed E-state index contributed by atoms with van der Waals surface area (Å²) in [4.78, 5) is 12.4. The zero-order chi connectivity index (χ0) is 19.4. The lowest BCUT2D eigenvalue weighted by Crippen LogP contribution is -2.23. The van der Waals surface area contributed by atoms with E-state index in [0.29, 0.717) is 24.3 Å². The smallest absolute Gasteiger partial charge is 0.347 e. The van der Waals surface area contributed by atoms with Gasteiger partial charge in [-0.15, -0.1) is 0 Å². The molecular weight excluding hydrogens is 355 g/mol. The number of benzene rings is 2. The lowest BCUT2D eigenvalue weighted by Gasteiger charge is -2.09. The predicted octanol–water partition coefficient (Wildman–Crippen LogP) is 4.52. The highest BCUT2D eigenvalue weighted by atomic mass is 19.4. The van der Waals surface area contributed by atoms with Crippen molar-refractivity contribution in [2.24, 2.45) is 0 Å². The SMILES string of the molecule is CCn1nc(C(=O)NCc2ccccc2)cc1-c1cccc(C(F)(F)F)c1. The Labute approximate surface area is 154 Å². The van der Waals surface area contributed by atoms with Crippen LogP contribution < -0.4 is 5.32 Å². The van der Waals surface area contributed by atoms with Gasteiger partial charge >= 0.3 is 6.18 Å². The normalized spacial score (nSPS) is 11.4. The lowest BCUT2D eigenvalue weighted by atomic mass is 10.1. The van der Waals surface area contributed by atoms with Gasteiger partial charge in [-0.05, 0) is 30.7 Å². The highest BCUT2D eigenvalue weighted by molar-refractivity contribution is 5.93. The molecule has 0 unspecified atom stereocenters. The number of aromatic nitrogens is 2. The van der Waals surface area contributed by atoms with Crippen LogP contribution in [0, 0.1) is 0 Å². The molecule has 0 aliphatic rings. The minimum absolute atomic E-state index is 0.167. The summed E-state index contributed by atoms with van der Waals surface area (Å²) < 4.78 is 40.4. The third-order valence-electron chi connectivity index (χ3n) is 4.09. The number of rotatable bonds is 5. The highest BCUT2D eigenvalue weighted by Crippen LogP contribution is 2.32. The van der Waals surface area contributed by atoms with E-state index >= 15 is 0 Å². The molecule has 1 heterocycles. The minimum atomic E-state index is -4.43. The molecule has 3 rings (SSSR count). The van der Waals surface area contributed by atoms with Crippen LogP contribution in [0.25, 0.3) is 11.3 Å². The number of carbonyl (C=O) groups excluding carboxylic acids is 1. The molecule has 27 heavy (non-hydrogen) atoms. The van der Waals surface area contributed by atoms with Gasteiger partial charge in [0.05, 0.1) is 11.3 Å². The molecule has 1 aromatic heterocycles. The Kier molecular flexibility index (Phi) is 5.30. The molecule has 0 bridgehead atoms. The summed E-state index contributed by atoms with van der Waals surface area (Å²) in [6.07, 6.45) is -4.43. The van der Waals surface area contributed by atoms with Crippen LogP contribution in [0.5, 0.6) is 0 Å². The summed E-state index contributed by atoms with van der Waals surface area (Å²) in [5.74, 6) is -0.376. The van der Waals surface area contributed by atoms with Crippen LogP contribution in [-0.4, -0.2) is 15.7 Å². The number of aryl methyl sites for hydroxylation is 1. The summed E-state index contributed by atoms with van der Waals surface area (Å²) in [5.41, 5.74) is 1.20. The Morgan fingerprint density at radius 3 is 2.48 bits per heavy atom. The van der Waals surface area contributed by atoms with Crippen LogP contribution in [0.15, 0.2) is 60.7 Å². The Morgan fingerprint density at radius 1 is 1.07 bits per heavy atom. The number of halogens is 3. The van der Waals surface area contributed by atoms with Crippen molar-refractivity contribution < 1.29 is 18.0 Å². The van der Waals surface area contributed by atoms with Crippen LogP contribution in [0.3, 0.4) is 0 Å². The van der Waals surface area contributed by atoms with Crippen molar-refractivity contribution >= 4 is 5.91 Å². The van der Waals surface area contributed by atoms with Crippen molar-refractivity contribution in [3.05, 3.63) is 77.5 Å². The zero-order valence-electron chi connectivity index (χ0n) is 14.6. The Bertz CT molecular complexity index is 933. The van der Waals surface area contributed by atoms with Gasteiger partial charge in [0, 0.05) is 18.7 Å². The molecule has 0 saturated heterocycles. The second kappa shape index (κ2) is 7.65. The van der Waals surface area contributed by atoms with Gasteiger partial charge in [-0.25, -0.2) is 0 Å². The molecule has 0 atom stereocenters. The molecule has 0 spiro atoms. The Morgan fingerprint density at radius 2 is 1.81 bits per heavy atom. The van der Waals surface area contributed by atoms with Crippen molar-refractivity contribution in [3.63, 3.8) is 0 Å². The second-order valence-corrected chi connectivity index (χ2v) is 5.98. The van der Waals surface area contributed by atoms with Crippen LogP contribution >= 0.6 is 0 Å². The monoisotopic (exact) mass is 373 g/mol. The fraction of sp³-hybridized carbons (Fsp3) is 0.200. The summed E-state index contributed by atoms with van der Waals surface area (Å²) >= 11 is 0. The molecular formula is C20H18F3N3O. The third kappa shape index (κ3) is 4.36. The average Bonchev–Trinajstić information content (AvgIpc) is 3.11. The molecule has 140 valence electrons. The maximum atomic E-state index is 13.0. The van der Waals surface area contributed by atoms with Crippen LogP contribution in [-0.2, 0) is 19.3 Å². The molecule has 1 amide bonds. The van der Waals surface area contributed by atoms with E-state index in [4.69, 9.17) is 0 Å². The number of hydrogen-bond acceptors (Lipinski definition) is 2. The summed E-state index contributed by atoms with van der Waals surface area (Å²) in [6, 6.07) is 15.9. The molecule has 0 saturated carbocycles. The van der Waals surface area contributed by atoms with Gasteiger partial charge in [0.2, 0.25) is 0 Å². The van der Waals surface area contributed by atoms with Crippen LogP contribution in [0.1, 0.15) is 28.5 Å². The quantitative estimate of drug-likeness (QED) is 0.715. The second-order valence-electron chi connectivity index (χ2n) is 5.98. The van der Waals surface area contributed by atoms with E-state index in [1.54, 1.807) is 6.07 Å². The average molecular weight is 373 g/mol. The number of carbonyl (C=O) groups is 1. The van der Waals surface area contributed by atoms with Gasteiger partial charge in [0.15, 0.2) is 5.69 Å². The zero-order valence-corrected chi connectivity index (χ0v) is 14.6. The van der Waals surface area contributed by atoms with Gasteiger partial charge in [-0.3, -0.25) is 9.48 Å². The predicted molar refractivity (Wildman–Crippen MR) is 96.0 cm³/mol. The lowest BCUT2D eigenvalue weighted by molar-refractivity contribution is -0.137. The van der Waals surface area contributed by atoms with Gasteiger partial charge in [0.1, 0.15) is 0 Å². The van der Waals surface area contributed by atoms with E-state index < -0.39 is 11.7 Å². The first-order chi connectivity index (χ1) is 12.9. The van der Waals surface area contributed by atoms with Crippen molar-refractivity contribution in [3.8, 4) is 11.3 Å². The summed E-state index contributed by atoms with van der Waals surface area (Å²) in [6.45, 7) is 2.59. The number of nitrogens with one attached hydrogen (secondary N) is 1. The largest absolute Gasteiger partial charge is 0.416 e. The molecule has 2 aromatic carbocycles. The number of hydrogen-bond donors (Lipinski definition) is 1. The van der Waals surface area contributed by atoms with E-state index in [2.05, 4.69) is 10.4 Å². The van der Waals surface area contributed by atoms with Crippen LogP contribution in [0.2, 0.25) is 0 Å².